The van der Waals surface area contributed by atoms with E-state index in [9.17, 15) is 5.11 Å². The molecule has 0 saturated carbocycles. The molecule has 2 nitrogen and oxygen atoms in total. The molecule has 60 valence electrons. The van der Waals surface area contributed by atoms with Crippen molar-refractivity contribution in [2.24, 2.45) is 5.92 Å². The van der Waals surface area contributed by atoms with Gasteiger partial charge in [0.25, 0.3) is 0 Å². The number of aliphatic hydroxyl groups is 1. The fraction of sp³-hybridized carbons (Fsp3) is 1.00. The molecule has 1 aliphatic heterocycles. The summed E-state index contributed by atoms with van der Waals surface area (Å²) in [5.41, 5.74) is 0. The van der Waals surface area contributed by atoms with Crippen LogP contribution in [0.5, 0.6) is 0 Å². The van der Waals surface area contributed by atoms with Crippen molar-refractivity contribution >= 4 is 0 Å². The number of rotatable bonds is 2. The van der Waals surface area contributed by atoms with Crippen LogP contribution >= 0.6 is 0 Å². The van der Waals surface area contributed by atoms with Crippen LogP contribution in [0.2, 0.25) is 0 Å². The van der Waals surface area contributed by atoms with Gasteiger partial charge in [0.1, 0.15) is 0 Å². The van der Waals surface area contributed by atoms with E-state index in [0.717, 1.165) is 32.5 Å². The lowest BCUT2D eigenvalue weighted by atomic mass is 9.95. The molecule has 1 N–H and O–H groups in total. The van der Waals surface area contributed by atoms with Gasteiger partial charge in [0.2, 0.25) is 0 Å². The first kappa shape index (κ1) is 8.02. The van der Waals surface area contributed by atoms with Gasteiger partial charge in [-0.3, -0.25) is 0 Å². The second-order valence-corrected chi connectivity index (χ2v) is 2.95. The normalized spacial score (nSPS) is 30.0. The molecule has 0 aromatic rings. The minimum Gasteiger partial charge on any atom is -0.393 e. The smallest absolute Gasteiger partial charge is 0.0587 e. The highest BCUT2D eigenvalue weighted by Gasteiger charge is 2.20. The highest BCUT2D eigenvalue weighted by Crippen LogP contribution is 2.18. The predicted octanol–water partition coefficient (Wildman–Crippen LogP) is 1.18. The summed E-state index contributed by atoms with van der Waals surface area (Å²) in [4.78, 5) is 0. The average Bonchev–Trinajstić information content (AvgIpc) is 2.05. The summed E-state index contributed by atoms with van der Waals surface area (Å²) >= 11 is 0. The average molecular weight is 144 g/mol. The van der Waals surface area contributed by atoms with Gasteiger partial charge in [0.15, 0.2) is 0 Å². The summed E-state index contributed by atoms with van der Waals surface area (Å²) < 4.78 is 5.25. The fourth-order valence-electron chi connectivity index (χ4n) is 1.40. The summed E-state index contributed by atoms with van der Waals surface area (Å²) in [6, 6.07) is 0. The maximum atomic E-state index is 9.40. The van der Waals surface area contributed by atoms with E-state index >= 15 is 0 Å². The van der Waals surface area contributed by atoms with Gasteiger partial charge in [0, 0.05) is 12.5 Å². The third-order valence-electron chi connectivity index (χ3n) is 2.16. The maximum absolute atomic E-state index is 9.40. The van der Waals surface area contributed by atoms with Gasteiger partial charge in [-0.1, -0.05) is 6.92 Å². The summed E-state index contributed by atoms with van der Waals surface area (Å²) in [7, 11) is 0. The zero-order chi connectivity index (χ0) is 7.40. The summed E-state index contributed by atoms with van der Waals surface area (Å²) in [5, 5.41) is 9.40. The van der Waals surface area contributed by atoms with Crippen LogP contribution in [-0.2, 0) is 4.74 Å². The van der Waals surface area contributed by atoms with E-state index in [1.807, 2.05) is 6.92 Å². The summed E-state index contributed by atoms with van der Waals surface area (Å²) in [6.45, 7) is 3.65. The molecule has 1 rings (SSSR count). The number of hydrogen-bond acceptors (Lipinski definition) is 2. The summed E-state index contributed by atoms with van der Waals surface area (Å²) in [5.74, 6) is 0.402. The van der Waals surface area contributed by atoms with Gasteiger partial charge in [-0.2, -0.15) is 0 Å². The second-order valence-electron chi connectivity index (χ2n) is 2.95. The number of ether oxygens (including phenoxy) is 1. The van der Waals surface area contributed by atoms with Crippen molar-refractivity contribution in [3.63, 3.8) is 0 Å². The van der Waals surface area contributed by atoms with Crippen LogP contribution < -0.4 is 0 Å². The van der Waals surface area contributed by atoms with E-state index < -0.39 is 0 Å². The molecule has 0 bridgehead atoms. The van der Waals surface area contributed by atoms with Crippen molar-refractivity contribution in [3.8, 4) is 0 Å². The van der Waals surface area contributed by atoms with Crippen LogP contribution in [0.1, 0.15) is 26.2 Å². The Morgan fingerprint density at radius 3 is 3.00 bits per heavy atom. The molecule has 2 heteroatoms. The molecule has 10 heavy (non-hydrogen) atoms. The molecule has 0 aliphatic carbocycles. The molecule has 0 aromatic heterocycles. The monoisotopic (exact) mass is 144 g/mol. The summed E-state index contributed by atoms with van der Waals surface area (Å²) in [6.07, 6.45) is 2.96. The van der Waals surface area contributed by atoms with Gasteiger partial charge >= 0.3 is 0 Å². The molecule has 2 atom stereocenters. The van der Waals surface area contributed by atoms with Crippen LogP contribution in [0, 0.1) is 5.92 Å². The minimum absolute atomic E-state index is 0.139. The quantitative estimate of drug-likeness (QED) is 0.630. The van der Waals surface area contributed by atoms with Gasteiger partial charge in [-0.15, -0.1) is 0 Å². The SMILES string of the molecule is CC[C@@H](O)[C@@H]1CCCOC1. The molecular weight excluding hydrogens is 128 g/mol. The first-order valence-electron chi connectivity index (χ1n) is 4.10. The van der Waals surface area contributed by atoms with Crippen molar-refractivity contribution < 1.29 is 9.84 Å². The molecular formula is C8H16O2. The first-order chi connectivity index (χ1) is 4.84. The van der Waals surface area contributed by atoms with E-state index in [2.05, 4.69) is 0 Å². The zero-order valence-corrected chi connectivity index (χ0v) is 6.55. The van der Waals surface area contributed by atoms with Gasteiger partial charge in [-0.25, -0.2) is 0 Å². The van der Waals surface area contributed by atoms with Gasteiger partial charge in [-0.05, 0) is 19.3 Å². The van der Waals surface area contributed by atoms with Crippen molar-refractivity contribution in [3.05, 3.63) is 0 Å². The third-order valence-corrected chi connectivity index (χ3v) is 2.16. The maximum Gasteiger partial charge on any atom is 0.0587 e. The first-order valence-corrected chi connectivity index (χ1v) is 4.10. The standard InChI is InChI=1S/C8H16O2/c1-2-8(9)7-4-3-5-10-6-7/h7-9H,2-6H2,1H3/t7-,8-/m1/s1. The molecule has 1 heterocycles. The van der Waals surface area contributed by atoms with Gasteiger partial charge in [0.05, 0.1) is 12.7 Å². The molecule has 0 radical (unpaired) electrons. The number of aliphatic hydroxyl groups excluding tert-OH is 1. The van der Waals surface area contributed by atoms with Crippen LogP contribution in [0.3, 0.4) is 0 Å². The molecule has 0 amide bonds. The van der Waals surface area contributed by atoms with Crippen LogP contribution in [0.4, 0.5) is 0 Å². The minimum atomic E-state index is -0.139. The second kappa shape index (κ2) is 3.94. The zero-order valence-electron chi connectivity index (χ0n) is 6.55. The topological polar surface area (TPSA) is 29.5 Å². The van der Waals surface area contributed by atoms with Crippen molar-refractivity contribution in [1.29, 1.82) is 0 Å². The fourth-order valence-corrected chi connectivity index (χ4v) is 1.40. The molecule has 0 spiro atoms. The lowest BCUT2D eigenvalue weighted by Crippen LogP contribution is -2.28. The van der Waals surface area contributed by atoms with Crippen molar-refractivity contribution in [2.45, 2.75) is 32.3 Å². The molecule has 0 unspecified atom stereocenters. The Balaban J connectivity index is 2.24. The highest BCUT2D eigenvalue weighted by atomic mass is 16.5. The Morgan fingerprint density at radius 2 is 2.50 bits per heavy atom. The molecule has 1 saturated heterocycles. The van der Waals surface area contributed by atoms with Crippen LogP contribution in [0.15, 0.2) is 0 Å². The van der Waals surface area contributed by atoms with Crippen LogP contribution in [-0.4, -0.2) is 24.4 Å². The Hall–Kier alpha value is -0.0800. The largest absolute Gasteiger partial charge is 0.393 e. The Kier molecular flexibility index (Phi) is 3.16. The Labute approximate surface area is 62.2 Å². The van der Waals surface area contributed by atoms with Gasteiger partial charge < -0.3 is 9.84 Å². The lowest BCUT2D eigenvalue weighted by Gasteiger charge is -2.25. The van der Waals surface area contributed by atoms with Crippen molar-refractivity contribution in [1.82, 2.24) is 0 Å². The lowest BCUT2D eigenvalue weighted by molar-refractivity contribution is -0.00997. The van der Waals surface area contributed by atoms with Crippen molar-refractivity contribution in [2.75, 3.05) is 13.2 Å². The predicted molar refractivity (Wildman–Crippen MR) is 39.8 cm³/mol. The Morgan fingerprint density at radius 1 is 1.70 bits per heavy atom. The van der Waals surface area contributed by atoms with E-state index in [4.69, 9.17) is 4.74 Å². The molecule has 1 aliphatic rings. The molecule has 1 fully saturated rings. The highest BCUT2D eigenvalue weighted by molar-refractivity contribution is 4.69. The molecule has 0 aromatic carbocycles. The van der Waals surface area contributed by atoms with E-state index in [-0.39, 0.29) is 6.10 Å². The van der Waals surface area contributed by atoms with E-state index in [1.54, 1.807) is 0 Å². The van der Waals surface area contributed by atoms with E-state index in [1.165, 1.54) is 0 Å². The Bertz CT molecular complexity index is 87.3. The number of hydrogen-bond donors (Lipinski definition) is 1. The van der Waals surface area contributed by atoms with E-state index in [0.29, 0.717) is 5.92 Å². The third kappa shape index (κ3) is 1.96. The van der Waals surface area contributed by atoms with Crippen LogP contribution in [0.25, 0.3) is 0 Å².